The van der Waals surface area contributed by atoms with Crippen molar-refractivity contribution in [3.05, 3.63) is 96.1 Å². The minimum Gasteiger partial charge on any atom is -0.497 e. The highest BCUT2D eigenvalue weighted by molar-refractivity contribution is 5.82. The molecule has 4 aromatic rings. The Labute approximate surface area is 184 Å². The van der Waals surface area contributed by atoms with Crippen LogP contribution in [-0.4, -0.2) is 24.0 Å². The Balaban J connectivity index is 0.00000132. The van der Waals surface area contributed by atoms with Crippen molar-refractivity contribution in [1.82, 2.24) is 9.78 Å². The van der Waals surface area contributed by atoms with E-state index < -0.39 is 0 Å². The van der Waals surface area contributed by atoms with Crippen LogP contribution in [0.15, 0.2) is 84.9 Å². The number of aromatic nitrogens is 2. The largest absolute Gasteiger partial charge is 0.497 e. The molecule has 0 spiro atoms. The molecule has 0 fully saturated rings. The summed E-state index contributed by atoms with van der Waals surface area (Å²) in [4.78, 5) is 0. The first-order valence-corrected chi connectivity index (χ1v) is 10.4. The number of rotatable bonds is 6. The zero-order valence-corrected chi connectivity index (χ0v) is 18.4. The van der Waals surface area contributed by atoms with Gasteiger partial charge in [-0.15, -0.1) is 0 Å². The van der Waals surface area contributed by atoms with E-state index in [4.69, 9.17) is 14.6 Å². The van der Waals surface area contributed by atoms with Gasteiger partial charge in [0, 0.05) is 5.56 Å². The number of ether oxygens (including phenoxy) is 2. The van der Waals surface area contributed by atoms with Crippen LogP contribution in [0.25, 0.3) is 29.1 Å². The molecule has 31 heavy (non-hydrogen) atoms. The van der Waals surface area contributed by atoms with Crippen molar-refractivity contribution < 1.29 is 9.47 Å². The number of benzene rings is 3. The lowest BCUT2D eigenvalue weighted by Gasteiger charge is -2.06. The summed E-state index contributed by atoms with van der Waals surface area (Å²) in [5, 5.41) is 4.89. The van der Waals surface area contributed by atoms with Crippen LogP contribution in [0.3, 0.4) is 0 Å². The molecule has 0 bridgehead atoms. The lowest BCUT2D eigenvalue weighted by molar-refractivity contribution is 0.383. The molecular weight excluding hydrogens is 384 g/mol. The van der Waals surface area contributed by atoms with Crippen LogP contribution < -0.4 is 9.47 Å². The van der Waals surface area contributed by atoms with Crippen LogP contribution in [0.1, 0.15) is 25.0 Å². The van der Waals surface area contributed by atoms with Crippen LogP contribution in [0.4, 0.5) is 0 Å². The summed E-state index contributed by atoms with van der Waals surface area (Å²) in [7, 11) is 3.34. The minimum atomic E-state index is 0.689. The minimum absolute atomic E-state index is 0.689. The van der Waals surface area contributed by atoms with Gasteiger partial charge < -0.3 is 9.47 Å². The lowest BCUT2D eigenvalue weighted by atomic mass is 10.1. The molecule has 4 heteroatoms. The molecule has 0 aliphatic carbocycles. The van der Waals surface area contributed by atoms with Gasteiger partial charge in [0.05, 0.1) is 25.5 Å². The summed E-state index contributed by atoms with van der Waals surface area (Å²) in [5.41, 5.74) is 4.82. The Hall–Kier alpha value is -3.79. The normalized spacial score (nSPS) is 10.5. The van der Waals surface area contributed by atoms with Gasteiger partial charge in [0.1, 0.15) is 11.4 Å². The van der Waals surface area contributed by atoms with Gasteiger partial charge >= 0.3 is 0 Å². The Bertz CT molecular complexity index is 1100. The Morgan fingerprint density at radius 2 is 1.32 bits per heavy atom. The maximum Gasteiger partial charge on any atom is 0.224 e. The summed E-state index contributed by atoms with van der Waals surface area (Å²) in [6, 6.07) is 28.1. The molecule has 0 amide bonds. The average Bonchev–Trinajstić information content (AvgIpc) is 3.23. The molecule has 0 atom stereocenters. The van der Waals surface area contributed by atoms with Crippen LogP contribution >= 0.6 is 0 Å². The van der Waals surface area contributed by atoms with Crippen molar-refractivity contribution in [2.45, 2.75) is 13.8 Å². The van der Waals surface area contributed by atoms with Crippen molar-refractivity contribution >= 4 is 12.2 Å². The zero-order valence-electron chi connectivity index (χ0n) is 18.4. The Kier molecular flexibility index (Phi) is 7.66. The molecule has 3 aromatic carbocycles. The zero-order chi connectivity index (χ0) is 22.1. The molecule has 158 valence electrons. The highest BCUT2D eigenvalue weighted by Gasteiger charge is 2.19. The smallest absolute Gasteiger partial charge is 0.224 e. The lowest BCUT2D eigenvalue weighted by Crippen LogP contribution is -1.99. The maximum absolute atomic E-state index is 5.79. The van der Waals surface area contributed by atoms with Crippen LogP contribution in [0.2, 0.25) is 0 Å². The van der Waals surface area contributed by atoms with Crippen molar-refractivity contribution in [3.63, 3.8) is 0 Å². The van der Waals surface area contributed by atoms with E-state index in [1.54, 1.807) is 14.2 Å². The van der Waals surface area contributed by atoms with E-state index in [0.717, 1.165) is 33.8 Å². The van der Waals surface area contributed by atoms with Gasteiger partial charge in [-0.2, -0.15) is 9.78 Å². The first kappa shape index (κ1) is 21.9. The molecule has 1 aromatic heterocycles. The predicted molar refractivity (Wildman–Crippen MR) is 129 cm³/mol. The summed E-state index contributed by atoms with van der Waals surface area (Å²) in [6.07, 6.45) is 4.13. The standard InChI is InChI=1S/C25H22N2O2.C2H6/c1-28-22-16-14-20(15-17-22)24-23(18-13-19-9-5-3-6-10-19)25(29-2)27(26-24)21-11-7-4-8-12-21;1-2/h3-18H,1-2H3;1-2H3/b18-13+;. The van der Waals surface area contributed by atoms with Crippen molar-refractivity contribution in [2.75, 3.05) is 14.2 Å². The summed E-state index contributed by atoms with van der Waals surface area (Å²) >= 11 is 0. The van der Waals surface area contributed by atoms with E-state index in [0.29, 0.717) is 5.88 Å². The molecule has 4 nitrogen and oxygen atoms in total. The molecule has 0 aliphatic heterocycles. The monoisotopic (exact) mass is 412 g/mol. The van der Waals surface area contributed by atoms with E-state index in [2.05, 4.69) is 24.3 Å². The molecule has 0 aliphatic rings. The van der Waals surface area contributed by atoms with Gasteiger partial charge in [0.15, 0.2) is 0 Å². The molecule has 0 radical (unpaired) electrons. The average molecular weight is 413 g/mol. The van der Waals surface area contributed by atoms with Crippen LogP contribution in [0.5, 0.6) is 11.6 Å². The molecule has 1 heterocycles. The topological polar surface area (TPSA) is 36.3 Å². The molecule has 0 saturated carbocycles. The number of nitrogens with zero attached hydrogens (tertiary/aromatic N) is 2. The summed E-state index contributed by atoms with van der Waals surface area (Å²) < 4.78 is 12.9. The van der Waals surface area contributed by atoms with Gasteiger partial charge in [-0.1, -0.05) is 68.5 Å². The summed E-state index contributed by atoms with van der Waals surface area (Å²) in [5.74, 6) is 1.50. The first-order chi connectivity index (χ1) is 15.3. The fourth-order valence-corrected chi connectivity index (χ4v) is 3.21. The molecule has 0 saturated heterocycles. The van der Waals surface area contributed by atoms with E-state index in [1.165, 1.54) is 0 Å². The third-order valence-corrected chi connectivity index (χ3v) is 4.68. The number of para-hydroxylation sites is 1. The van der Waals surface area contributed by atoms with Gasteiger partial charge in [0.25, 0.3) is 0 Å². The van der Waals surface area contributed by atoms with Gasteiger partial charge in [0.2, 0.25) is 5.88 Å². The summed E-state index contributed by atoms with van der Waals surface area (Å²) in [6.45, 7) is 4.00. The quantitative estimate of drug-likeness (QED) is 0.351. The fraction of sp³-hybridized carbons (Fsp3) is 0.148. The Morgan fingerprint density at radius 1 is 0.710 bits per heavy atom. The van der Waals surface area contributed by atoms with Crippen molar-refractivity contribution in [3.8, 4) is 28.6 Å². The Morgan fingerprint density at radius 3 is 1.90 bits per heavy atom. The molecular formula is C27H28N2O2. The number of hydrogen-bond donors (Lipinski definition) is 0. The first-order valence-electron chi connectivity index (χ1n) is 10.4. The number of methoxy groups -OCH3 is 2. The van der Waals surface area contributed by atoms with E-state index in [1.807, 2.05) is 91.3 Å². The van der Waals surface area contributed by atoms with Crippen LogP contribution in [0, 0.1) is 0 Å². The third-order valence-electron chi connectivity index (χ3n) is 4.68. The molecule has 0 N–H and O–H groups in total. The highest BCUT2D eigenvalue weighted by Crippen LogP contribution is 2.34. The van der Waals surface area contributed by atoms with Gasteiger partial charge in [-0.3, -0.25) is 0 Å². The van der Waals surface area contributed by atoms with E-state index in [-0.39, 0.29) is 0 Å². The van der Waals surface area contributed by atoms with Crippen molar-refractivity contribution in [2.24, 2.45) is 0 Å². The van der Waals surface area contributed by atoms with Gasteiger partial charge in [-0.05, 0) is 48.0 Å². The maximum atomic E-state index is 5.79. The predicted octanol–water partition coefficient (Wildman–Crippen LogP) is 6.75. The highest BCUT2D eigenvalue weighted by atomic mass is 16.5. The second-order valence-electron chi connectivity index (χ2n) is 6.49. The molecule has 0 unspecified atom stereocenters. The fourth-order valence-electron chi connectivity index (χ4n) is 3.21. The van der Waals surface area contributed by atoms with E-state index in [9.17, 15) is 0 Å². The second kappa shape index (κ2) is 10.8. The van der Waals surface area contributed by atoms with E-state index >= 15 is 0 Å². The van der Waals surface area contributed by atoms with Crippen molar-refractivity contribution in [1.29, 1.82) is 0 Å². The second-order valence-corrected chi connectivity index (χ2v) is 6.49. The SMILES string of the molecule is CC.COc1ccc(-c2nn(-c3ccccc3)c(OC)c2/C=C/c2ccccc2)cc1. The molecule has 4 rings (SSSR count). The van der Waals surface area contributed by atoms with Crippen LogP contribution in [-0.2, 0) is 0 Å². The number of hydrogen-bond acceptors (Lipinski definition) is 3. The third kappa shape index (κ3) is 5.04. The van der Waals surface area contributed by atoms with Gasteiger partial charge in [-0.25, -0.2) is 0 Å².